The van der Waals surface area contributed by atoms with Crippen LogP contribution in [0, 0.1) is 6.92 Å². The molecule has 4 aromatic rings. The van der Waals surface area contributed by atoms with Gasteiger partial charge in [0.25, 0.3) is 5.89 Å². The summed E-state index contributed by atoms with van der Waals surface area (Å²) in [6, 6.07) is 20.6. The second-order valence-electron chi connectivity index (χ2n) is 10.1. The first-order valence-corrected chi connectivity index (χ1v) is 12.3. The Morgan fingerprint density at radius 1 is 0.861 bits per heavy atom. The third kappa shape index (κ3) is 5.48. The van der Waals surface area contributed by atoms with Gasteiger partial charge >= 0.3 is 0 Å². The molecule has 0 unspecified atom stereocenters. The average Bonchev–Trinajstić information content (AvgIpc) is 3.37. The summed E-state index contributed by atoms with van der Waals surface area (Å²) in [5.74, 6) is 2.13. The Kier molecular flexibility index (Phi) is 6.59. The Balaban J connectivity index is 1.21. The number of piperazine rings is 1. The van der Waals surface area contributed by atoms with Gasteiger partial charge in [-0.3, -0.25) is 0 Å². The molecule has 0 N–H and O–H groups in total. The van der Waals surface area contributed by atoms with Gasteiger partial charge in [-0.1, -0.05) is 68.4 Å². The summed E-state index contributed by atoms with van der Waals surface area (Å²) in [6.45, 7) is 12.2. The zero-order chi connectivity index (χ0) is 25.1. The van der Waals surface area contributed by atoms with Crippen molar-refractivity contribution >= 4 is 11.6 Å². The lowest BCUT2D eigenvalue weighted by molar-refractivity contribution is 0.235. The van der Waals surface area contributed by atoms with Crippen LogP contribution < -0.4 is 14.5 Å². The predicted molar refractivity (Wildman–Crippen MR) is 140 cm³/mol. The molecule has 0 bridgehead atoms. The molecule has 36 heavy (non-hydrogen) atoms. The summed E-state index contributed by atoms with van der Waals surface area (Å²) in [5.41, 5.74) is 4.36. The molecule has 1 aliphatic heterocycles. The average molecular weight is 485 g/mol. The molecular weight excluding hydrogens is 452 g/mol. The number of para-hydroxylation sites is 1. The third-order valence-electron chi connectivity index (χ3n) is 6.32. The van der Waals surface area contributed by atoms with E-state index in [9.17, 15) is 0 Å². The van der Waals surface area contributed by atoms with Crippen LogP contribution in [0.1, 0.15) is 37.9 Å². The number of benzene rings is 2. The van der Waals surface area contributed by atoms with E-state index in [-0.39, 0.29) is 12.0 Å². The summed E-state index contributed by atoms with van der Waals surface area (Å²) in [6.07, 6.45) is 0. The van der Waals surface area contributed by atoms with Crippen molar-refractivity contribution in [1.82, 2.24) is 20.1 Å². The fourth-order valence-corrected chi connectivity index (χ4v) is 4.23. The summed E-state index contributed by atoms with van der Waals surface area (Å²) in [5, 5.41) is 4.12. The van der Waals surface area contributed by atoms with Crippen LogP contribution in [0.25, 0.3) is 11.4 Å². The van der Waals surface area contributed by atoms with E-state index in [1.165, 1.54) is 11.3 Å². The Hall–Kier alpha value is -3.94. The number of rotatable bonds is 6. The van der Waals surface area contributed by atoms with Crippen molar-refractivity contribution in [2.24, 2.45) is 0 Å². The summed E-state index contributed by atoms with van der Waals surface area (Å²) >= 11 is 0. The van der Waals surface area contributed by atoms with Gasteiger partial charge in [0.2, 0.25) is 17.7 Å². The number of hydrogen-bond acceptors (Lipinski definition) is 8. The lowest BCUT2D eigenvalue weighted by atomic mass is 9.87. The van der Waals surface area contributed by atoms with Crippen molar-refractivity contribution in [3.8, 4) is 17.3 Å². The number of aryl methyl sites for hydroxylation is 1. The summed E-state index contributed by atoms with van der Waals surface area (Å²) < 4.78 is 11.3. The van der Waals surface area contributed by atoms with Crippen molar-refractivity contribution < 1.29 is 9.26 Å². The van der Waals surface area contributed by atoms with E-state index >= 15 is 0 Å². The number of ether oxygens (including phenoxy) is 1. The number of nitrogens with zero attached hydrogens (tertiary/aromatic N) is 6. The molecule has 0 saturated carbocycles. The molecule has 0 radical (unpaired) electrons. The highest BCUT2D eigenvalue weighted by Gasteiger charge is 2.20. The highest BCUT2D eigenvalue weighted by atomic mass is 16.5. The second kappa shape index (κ2) is 9.97. The molecule has 1 saturated heterocycles. The molecule has 8 heteroatoms. The largest absolute Gasteiger partial charge is 0.467 e. The van der Waals surface area contributed by atoms with Crippen LogP contribution in [0.15, 0.2) is 65.2 Å². The molecule has 186 valence electrons. The van der Waals surface area contributed by atoms with Gasteiger partial charge in [0.05, 0.1) is 0 Å². The third-order valence-corrected chi connectivity index (χ3v) is 6.32. The van der Waals surface area contributed by atoms with Gasteiger partial charge in [-0.15, -0.1) is 0 Å². The first-order chi connectivity index (χ1) is 17.3. The van der Waals surface area contributed by atoms with Crippen LogP contribution in [0.5, 0.6) is 5.88 Å². The minimum absolute atomic E-state index is 0.0960. The normalized spacial score (nSPS) is 14.2. The highest BCUT2D eigenvalue weighted by molar-refractivity contribution is 5.55. The molecule has 8 nitrogen and oxygen atoms in total. The standard InChI is InChI=1S/C28H32N6O2/c1-20-18-24(31-27(29-20)34-16-14-33(15-17-34)23-8-6-5-7-9-23)35-19-25-30-26(32-36-25)21-10-12-22(13-11-21)28(2,3)4/h5-13,18H,14-17,19H2,1-4H3. The molecule has 0 amide bonds. The van der Waals surface area contributed by atoms with Gasteiger partial charge in [-0.2, -0.15) is 9.97 Å². The maximum atomic E-state index is 5.92. The van der Waals surface area contributed by atoms with E-state index in [0.29, 0.717) is 23.5 Å². The van der Waals surface area contributed by atoms with Crippen LogP contribution in [-0.2, 0) is 12.0 Å². The second-order valence-corrected chi connectivity index (χ2v) is 10.1. The zero-order valence-corrected chi connectivity index (χ0v) is 21.3. The summed E-state index contributed by atoms with van der Waals surface area (Å²) in [4.78, 5) is 18.4. The molecular formula is C28H32N6O2. The SMILES string of the molecule is Cc1cc(OCc2nc(-c3ccc(C(C)(C)C)cc3)no2)nc(N2CCN(c3ccccc3)CC2)n1. The molecule has 5 rings (SSSR count). The monoisotopic (exact) mass is 484 g/mol. The lowest BCUT2D eigenvalue weighted by Gasteiger charge is -2.36. The number of aromatic nitrogens is 4. The van der Waals surface area contributed by atoms with Crippen LogP contribution in [0.2, 0.25) is 0 Å². The van der Waals surface area contributed by atoms with E-state index in [1.54, 1.807) is 0 Å². The Morgan fingerprint density at radius 3 is 2.25 bits per heavy atom. The molecule has 2 aromatic heterocycles. The van der Waals surface area contributed by atoms with Crippen LogP contribution in [-0.4, -0.2) is 46.3 Å². The maximum Gasteiger partial charge on any atom is 0.264 e. The zero-order valence-electron chi connectivity index (χ0n) is 21.3. The number of anilines is 2. The van der Waals surface area contributed by atoms with Gasteiger partial charge < -0.3 is 19.1 Å². The van der Waals surface area contributed by atoms with Gasteiger partial charge in [-0.25, -0.2) is 4.98 Å². The molecule has 0 aliphatic carbocycles. The van der Waals surface area contributed by atoms with Gasteiger partial charge in [0.1, 0.15) is 0 Å². The summed E-state index contributed by atoms with van der Waals surface area (Å²) in [7, 11) is 0. The first-order valence-electron chi connectivity index (χ1n) is 12.3. The van der Waals surface area contributed by atoms with E-state index in [4.69, 9.17) is 9.26 Å². The quantitative estimate of drug-likeness (QED) is 0.377. The molecule has 1 fully saturated rings. The van der Waals surface area contributed by atoms with Crippen molar-refractivity contribution in [2.75, 3.05) is 36.0 Å². The van der Waals surface area contributed by atoms with E-state index in [2.05, 4.69) is 87.1 Å². The predicted octanol–water partition coefficient (Wildman–Crippen LogP) is 5.04. The molecule has 0 spiro atoms. The molecule has 2 aromatic carbocycles. The minimum atomic E-state index is 0.0960. The fraction of sp³-hybridized carbons (Fsp3) is 0.357. The minimum Gasteiger partial charge on any atom is -0.467 e. The van der Waals surface area contributed by atoms with Crippen molar-refractivity contribution in [1.29, 1.82) is 0 Å². The first kappa shape index (κ1) is 23.8. The van der Waals surface area contributed by atoms with Crippen LogP contribution in [0.3, 0.4) is 0 Å². The Bertz CT molecular complexity index is 1290. The maximum absolute atomic E-state index is 5.92. The van der Waals surface area contributed by atoms with Gasteiger partial charge in [-0.05, 0) is 30.0 Å². The van der Waals surface area contributed by atoms with Crippen molar-refractivity contribution in [3.63, 3.8) is 0 Å². The van der Waals surface area contributed by atoms with Gasteiger partial charge in [0, 0.05) is 49.2 Å². The van der Waals surface area contributed by atoms with Crippen LogP contribution in [0.4, 0.5) is 11.6 Å². The van der Waals surface area contributed by atoms with Crippen molar-refractivity contribution in [3.05, 3.63) is 77.8 Å². The Labute approximate surface area is 212 Å². The molecule has 0 atom stereocenters. The van der Waals surface area contributed by atoms with Crippen LogP contribution >= 0.6 is 0 Å². The smallest absolute Gasteiger partial charge is 0.264 e. The van der Waals surface area contributed by atoms with E-state index in [0.717, 1.165) is 37.4 Å². The molecule has 3 heterocycles. The fourth-order valence-electron chi connectivity index (χ4n) is 4.23. The van der Waals surface area contributed by atoms with E-state index in [1.807, 2.05) is 31.2 Å². The van der Waals surface area contributed by atoms with Gasteiger partial charge in [0.15, 0.2) is 6.61 Å². The van der Waals surface area contributed by atoms with Crippen molar-refractivity contribution in [2.45, 2.75) is 39.7 Å². The highest BCUT2D eigenvalue weighted by Crippen LogP contribution is 2.25. The molecule has 1 aliphatic rings. The van der Waals surface area contributed by atoms with E-state index < -0.39 is 0 Å². The number of hydrogen-bond donors (Lipinski definition) is 0. The Morgan fingerprint density at radius 2 is 1.56 bits per heavy atom. The lowest BCUT2D eigenvalue weighted by Crippen LogP contribution is -2.47. The topological polar surface area (TPSA) is 80.4 Å².